The lowest BCUT2D eigenvalue weighted by Gasteiger charge is -2.02. The average molecular weight is 373 g/mol. The van der Waals surface area contributed by atoms with Crippen LogP contribution in [0.15, 0.2) is 54.6 Å². The van der Waals surface area contributed by atoms with Crippen LogP contribution in [0.3, 0.4) is 0 Å². The van der Waals surface area contributed by atoms with E-state index in [9.17, 15) is 9.59 Å². The van der Waals surface area contributed by atoms with E-state index in [0.717, 1.165) is 16.9 Å². The van der Waals surface area contributed by atoms with Gasteiger partial charge in [0.1, 0.15) is 0 Å². The van der Waals surface area contributed by atoms with Gasteiger partial charge in [-0.25, -0.2) is 0 Å². The Morgan fingerprint density at radius 1 is 0.920 bits per heavy atom. The second-order valence-corrected chi connectivity index (χ2v) is 6.46. The Labute approximate surface area is 152 Å². The molecule has 0 unspecified atom stereocenters. The Bertz CT molecular complexity index is 881. The van der Waals surface area contributed by atoms with Crippen molar-refractivity contribution in [1.82, 2.24) is 15.5 Å². The van der Waals surface area contributed by atoms with Crippen molar-refractivity contribution in [3.63, 3.8) is 0 Å². The number of benzene rings is 2. The van der Waals surface area contributed by atoms with Crippen molar-refractivity contribution in [2.24, 2.45) is 0 Å². The molecule has 2 N–H and O–H groups in total. The molecule has 3 aromatic rings. The molecule has 6 nitrogen and oxygen atoms in total. The van der Waals surface area contributed by atoms with Crippen LogP contribution in [0.2, 0.25) is 5.02 Å². The number of amides is 2. The highest BCUT2D eigenvalue weighted by Gasteiger charge is 2.17. The molecule has 126 valence electrons. The van der Waals surface area contributed by atoms with Gasteiger partial charge in [-0.1, -0.05) is 53.3 Å². The Kier molecular flexibility index (Phi) is 5.37. The van der Waals surface area contributed by atoms with Gasteiger partial charge in [0.2, 0.25) is 10.0 Å². The maximum Gasteiger partial charge on any atom is 0.286 e. The third-order valence-corrected chi connectivity index (χ3v) is 4.38. The monoisotopic (exact) mass is 372 g/mol. The van der Waals surface area contributed by atoms with Crippen molar-refractivity contribution in [3.8, 4) is 0 Å². The molecular weight excluding hydrogens is 360 g/mol. The minimum Gasteiger partial charge on any atom is -0.346 e. The van der Waals surface area contributed by atoms with Crippen LogP contribution in [0.4, 0.5) is 5.69 Å². The molecular formula is C17H13ClN4O2S. The summed E-state index contributed by atoms with van der Waals surface area (Å²) in [5.74, 6) is -0.797. The summed E-state index contributed by atoms with van der Waals surface area (Å²) in [7, 11) is 0. The van der Waals surface area contributed by atoms with Crippen molar-refractivity contribution in [1.29, 1.82) is 0 Å². The minimum atomic E-state index is -0.429. The molecule has 1 aromatic heterocycles. The lowest BCUT2D eigenvalue weighted by molar-refractivity contribution is 0.0948. The Morgan fingerprint density at radius 3 is 2.24 bits per heavy atom. The van der Waals surface area contributed by atoms with Gasteiger partial charge in [-0.05, 0) is 29.8 Å². The fraction of sp³-hybridized carbons (Fsp3) is 0.0588. The number of nitrogens with zero attached hydrogens (tertiary/aromatic N) is 2. The molecule has 2 amide bonds. The molecule has 0 radical (unpaired) electrons. The molecule has 0 aliphatic heterocycles. The number of nitrogens with one attached hydrogen (secondary N) is 2. The summed E-state index contributed by atoms with van der Waals surface area (Å²) in [5, 5.41) is 13.8. The topological polar surface area (TPSA) is 84.0 Å². The Hall–Kier alpha value is -2.77. The fourth-order valence-corrected chi connectivity index (χ4v) is 2.76. The molecule has 0 bridgehead atoms. The molecule has 0 saturated carbocycles. The third kappa shape index (κ3) is 4.62. The molecule has 25 heavy (non-hydrogen) atoms. The van der Waals surface area contributed by atoms with Gasteiger partial charge in [-0.2, -0.15) is 0 Å². The van der Waals surface area contributed by atoms with E-state index in [2.05, 4.69) is 20.8 Å². The summed E-state index contributed by atoms with van der Waals surface area (Å²) < 4.78 is 0. The standard InChI is InChI=1S/C17H13ClN4O2S/c18-12-6-8-13(9-7-12)20-15(24)17-22-21-16(25-17)14(23)19-10-11-4-2-1-3-5-11/h1-9H,10H2,(H,19,23)(H,20,24). The van der Waals surface area contributed by atoms with Crippen LogP contribution >= 0.6 is 22.9 Å². The van der Waals surface area contributed by atoms with E-state index in [-0.39, 0.29) is 15.9 Å². The number of anilines is 1. The third-order valence-electron chi connectivity index (χ3n) is 3.21. The van der Waals surface area contributed by atoms with Gasteiger partial charge >= 0.3 is 0 Å². The molecule has 0 aliphatic rings. The summed E-state index contributed by atoms with van der Waals surface area (Å²) in [6.45, 7) is 0.381. The summed E-state index contributed by atoms with van der Waals surface area (Å²) in [6, 6.07) is 16.2. The largest absolute Gasteiger partial charge is 0.346 e. The predicted molar refractivity (Wildman–Crippen MR) is 96.9 cm³/mol. The molecule has 0 spiro atoms. The quantitative estimate of drug-likeness (QED) is 0.719. The van der Waals surface area contributed by atoms with Crippen LogP contribution in [-0.4, -0.2) is 22.0 Å². The van der Waals surface area contributed by atoms with Gasteiger partial charge in [0.15, 0.2) is 0 Å². The lowest BCUT2D eigenvalue weighted by Crippen LogP contribution is -2.22. The van der Waals surface area contributed by atoms with Gasteiger partial charge in [0, 0.05) is 17.3 Å². The molecule has 0 saturated heterocycles. The molecule has 2 aromatic carbocycles. The number of hydrogen-bond acceptors (Lipinski definition) is 5. The molecule has 1 heterocycles. The van der Waals surface area contributed by atoms with Crippen molar-refractivity contribution in [3.05, 3.63) is 75.2 Å². The second-order valence-electron chi connectivity index (χ2n) is 5.04. The van der Waals surface area contributed by atoms with Gasteiger partial charge in [-0.3, -0.25) is 9.59 Å². The van der Waals surface area contributed by atoms with E-state index < -0.39 is 5.91 Å². The zero-order valence-corrected chi connectivity index (χ0v) is 14.5. The maximum atomic E-state index is 12.1. The Balaban J connectivity index is 1.60. The van der Waals surface area contributed by atoms with Crippen LogP contribution in [0.25, 0.3) is 0 Å². The first-order chi connectivity index (χ1) is 12.1. The van der Waals surface area contributed by atoms with Crippen LogP contribution in [0.1, 0.15) is 25.2 Å². The maximum absolute atomic E-state index is 12.1. The Morgan fingerprint density at radius 2 is 1.56 bits per heavy atom. The summed E-state index contributed by atoms with van der Waals surface area (Å²) >= 11 is 6.73. The zero-order valence-electron chi connectivity index (χ0n) is 12.9. The van der Waals surface area contributed by atoms with E-state index in [0.29, 0.717) is 17.3 Å². The average Bonchev–Trinajstić information content (AvgIpc) is 3.13. The van der Waals surface area contributed by atoms with Crippen molar-refractivity contribution in [2.45, 2.75) is 6.54 Å². The molecule has 0 atom stereocenters. The van der Waals surface area contributed by atoms with Gasteiger partial charge in [0.25, 0.3) is 11.8 Å². The smallest absolute Gasteiger partial charge is 0.286 e. The number of carbonyl (C=O) groups is 2. The highest BCUT2D eigenvalue weighted by molar-refractivity contribution is 7.15. The van der Waals surface area contributed by atoms with Gasteiger partial charge in [0.05, 0.1) is 0 Å². The van der Waals surface area contributed by atoms with Crippen LogP contribution in [-0.2, 0) is 6.54 Å². The summed E-state index contributed by atoms with van der Waals surface area (Å²) in [4.78, 5) is 24.2. The van der Waals surface area contributed by atoms with E-state index in [1.807, 2.05) is 30.3 Å². The first kappa shape index (κ1) is 17.1. The van der Waals surface area contributed by atoms with Crippen molar-refractivity contribution < 1.29 is 9.59 Å². The molecule has 3 rings (SSSR count). The van der Waals surface area contributed by atoms with Crippen molar-refractivity contribution >= 4 is 40.4 Å². The number of hydrogen-bond donors (Lipinski definition) is 2. The van der Waals surface area contributed by atoms with E-state index in [1.54, 1.807) is 24.3 Å². The van der Waals surface area contributed by atoms with Gasteiger partial charge in [-0.15, -0.1) is 10.2 Å². The van der Waals surface area contributed by atoms with Crippen LogP contribution < -0.4 is 10.6 Å². The normalized spacial score (nSPS) is 10.3. The predicted octanol–water partition coefficient (Wildman–Crippen LogP) is 3.37. The second kappa shape index (κ2) is 7.87. The van der Waals surface area contributed by atoms with E-state index in [4.69, 9.17) is 11.6 Å². The lowest BCUT2D eigenvalue weighted by atomic mass is 10.2. The first-order valence-corrected chi connectivity index (χ1v) is 8.54. The highest BCUT2D eigenvalue weighted by Crippen LogP contribution is 2.16. The summed E-state index contributed by atoms with van der Waals surface area (Å²) in [6.07, 6.45) is 0. The number of rotatable bonds is 5. The summed E-state index contributed by atoms with van der Waals surface area (Å²) in [5.41, 5.74) is 1.56. The number of halogens is 1. The molecule has 8 heteroatoms. The number of aromatic nitrogens is 2. The van der Waals surface area contributed by atoms with Crippen LogP contribution in [0.5, 0.6) is 0 Å². The van der Waals surface area contributed by atoms with Crippen molar-refractivity contribution in [2.75, 3.05) is 5.32 Å². The van der Waals surface area contributed by atoms with E-state index >= 15 is 0 Å². The number of carbonyl (C=O) groups excluding carboxylic acids is 2. The fourth-order valence-electron chi connectivity index (χ4n) is 1.98. The van der Waals surface area contributed by atoms with Crippen LogP contribution in [0, 0.1) is 0 Å². The molecule has 0 aliphatic carbocycles. The molecule has 0 fully saturated rings. The highest BCUT2D eigenvalue weighted by atomic mass is 35.5. The first-order valence-electron chi connectivity index (χ1n) is 7.34. The SMILES string of the molecule is O=C(NCc1ccccc1)c1nnc(C(=O)Nc2ccc(Cl)cc2)s1. The zero-order chi connectivity index (χ0) is 17.6. The van der Waals surface area contributed by atoms with Gasteiger partial charge < -0.3 is 10.6 Å². The minimum absolute atomic E-state index is 0.111. The van der Waals surface area contributed by atoms with E-state index in [1.165, 1.54) is 0 Å².